The minimum Gasteiger partial charge on any atom is -0.479 e. The van der Waals surface area contributed by atoms with Crippen LogP contribution in [0.4, 0.5) is 0 Å². The molecule has 0 radical (unpaired) electrons. The van der Waals surface area contributed by atoms with Crippen molar-refractivity contribution in [3.8, 4) is 0 Å². The Hall–Kier alpha value is -1.63. The van der Waals surface area contributed by atoms with Gasteiger partial charge in [0.25, 0.3) is 0 Å². The van der Waals surface area contributed by atoms with E-state index >= 15 is 0 Å². The Morgan fingerprint density at radius 2 is 1.76 bits per heavy atom. The van der Waals surface area contributed by atoms with Gasteiger partial charge in [0, 0.05) is 7.05 Å². The van der Waals surface area contributed by atoms with Crippen molar-refractivity contribution in [3.63, 3.8) is 0 Å². The van der Waals surface area contributed by atoms with E-state index in [0.717, 1.165) is 0 Å². The van der Waals surface area contributed by atoms with Gasteiger partial charge in [0.1, 0.15) is 5.60 Å². The van der Waals surface area contributed by atoms with E-state index in [1.165, 1.54) is 7.05 Å². The molecule has 7 nitrogen and oxygen atoms in total. The number of carbonyl (C=O) groups excluding carboxylic acids is 2. The molecule has 0 aromatic rings. The SMILES string of the molecule is CNC(=O)CC(N)(C(=O)O)C(=O)OC(C)(C)C. The maximum atomic E-state index is 11.7. The number of carboxylic acids is 1. The molecule has 0 aromatic carbocycles. The predicted octanol–water partition coefficient (Wildman–Crippen LogP) is -0.754. The molecule has 1 unspecified atom stereocenters. The van der Waals surface area contributed by atoms with Crippen LogP contribution in [0.1, 0.15) is 27.2 Å². The van der Waals surface area contributed by atoms with Crippen molar-refractivity contribution < 1.29 is 24.2 Å². The fourth-order valence-corrected chi connectivity index (χ4v) is 0.946. The van der Waals surface area contributed by atoms with Crippen LogP contribution in [-0.2, 0) is 19.1 Å². The van der Waals surface area contributed by atoms with Crippen LogP contribution >= 0.6 is 0 Å². The minimum absolute atomic E-state index is 0.652. The number of nitrogens with one attached hydrogen (secondary N) is 1. The third-order valence-corrected chi connectivity index (χ3v) is 1.86. The second kappa shape index (κ2) is 5.13. The fraction of sp³-hybridized carbons (Fsp3) is 0.700. The Labute approximate surface area is 99.3 Å². The standard InChI is InChI=1S/C10H18N2O5/c1-9(2,3)17-8(16)10(11,7(14)15)5-6(13)12-4/h5,11H2,1-4H3,(H,12,13)(H,14,15). The summed E-state index contributed by atoms with van der Waals surface area (Å²) in [5.74, 6) is -3.39. The Kier molecular flexibility index (Phi) is 4.64. The molecule has 0 spiro atoms. The van der Waals surface area contributed by atoms with E-state index in [2.05, 4.69) is 5.32 Å². The first-order valence-corrected chi connectivity index (χ1v) is 4.99. The third-order valence-electron chi connectivity index (χ3n) is 1.86. The second-order valence-corrected chi connectivity index (χ2v) is 4.63. The number of hydrogen-bond donors (Lipinski definition) is 3. The molecule has 0 aliphatic rings. The number of amides is 1. The Bertz CT molecular complexity index is 334. The van der Waals surface area contributed by atoms with Gasteiger partial charge in [-0.1, -0.05) is 0 Å². The highest BCUT2D eigenvalue weighted by Crippen LogP contribution is 2.16. The van der Waals surface area contributed by atoms with E-state index in [4.69, 9.17) is 15.6 Å². The molecule has 17 heavy (non-hydrogen) atoms. The molecule has 4 N–H and O–H groups in total. The van der Waals surface area contributed by atoms with Crippen molar-refractivity contribution >= 4 is 17.8 Å². The van der Waals surface area contributed by atoms with Crippen molar-refractivity contribution in [2.24, 2.45) is 5.73 Å². The van der Waals surface area contributed by atoms with Gasteiger partial charge in [0.05, 0.1) is 6.42 Å². The van der Waals surface area contributed by atoms with Gasteiger partial charge in [0.2, 0.25) is 11.4 Å². The number of hydrogen-bond acceptors (Lipinski definition) is 5. The molecular formula is C10H18N2O5. The lowest BCUT2D eigenvalue weighted by Gasteiger charge is -2.27. The highest BCUT2D eigenvalue weighted by Gasteiger charge is 2.47. The minimum atomic E-state index is -2.37. The van der Waals surface area contributed by atoms with E-state index in [-0.39, 0.29) is 0 Å². The monoisotopic (exact) mass is 246 g/mol. The fourth-order valence-electron chi connectivity index (χ4n) is 0.946. The smallest absolute Gasteiger partial charge is 0.338 e. The van der Waals surface area contributed by atoms with E-state index in [1.54, 1.807) is 20.8 Å². The summed E-state index contributed by atoms with van der Waals surface area (Å²) in [5, 5.41) is 11.1. The number of esters is 1. The van der Waals surface area contributed by atoms with Crippen LogP contribution < -0.4 is 11.1 Å². The number of rotatable bonds is 4. The molecule has 0 heterocycles. The summed E-state index contributed by atoms with van der Waals surface area (Å²) in [6, 6.07) is 0. The zero-order valence-corrected chi connectivity index (χ0v) is 10.4. The summed E-state index contributed by atoms with van der Waals surface area (Å²) < 4.78 is 4.88. The van der Waals surface area contributed by atoms with Gasteiger partial charge in [0.15, 0.2) is 0 Å². The summed E-state index contributed by atoms with van der Waals surface area (Å²) >= 11 is 0. The largest absolute Gasteiger partial charge is 0.479 e. The zero-order valence-electron chi connectivity index (χ0n) is 10.4. The van der Waals surface area contributed by atoms with E-state index in [9.17, 15) is 14.4 Å². The summed E-state index contributed by atoms with van der Waals surface area (Å²) in [6.07, 6.45) is -0.673. The third kappa shape index (κ3) is 4.39. The van der Waals surface area contributed by atoms with Crippen molar-refractivity contribution in [2.75, 3.05) is 7.05 Å². The molecular weight excluding hydrogens is 228 g/mol. The zero-order chi connectivity index (χ0) is 13.9. The van der Waals surface area contributed by atoms with E-state index < -0.39 is 35.4 Å². The molecule has 98 valence electrons. The Morgan fingerprint density at radius 1 is 1.29 bits per heavy atom. The van der Waals surface area contributed by atoms with Gasteiger partial charge < -0.3 is 20.9 Å². The summed E-state index contributed by atoms with van der Waals surface area (Å²) in [6.45, 7) is 4.73. The lowest BCUT2D eigenvalue weighted by molar-refractivity contribution is -0.170. The number of ether oxygens (including phenoxy) is 1. The summed E-state index contributed by atoms with van der Waals surface area (Å²) in [5.41, 5.74) is 2.19. The van der Waals surface area contributed by atoms with Crippen LogP contribution in [0.3, 0.4) is 0 Å². The highest BCUT2D eigenvalue weighted by molar-refractivity contribution is 6.07. The molecule has 1 amide bonds. The van der Waals surface area contributed by atoms with E-state index in [1.807, 2.05) is 0 Å². The Balaban J connectivity index is 5.02. The molecule has 0 bridgehead atoms. The molecule has 0 rings (SSSR count). The average molecular weight is 246 g/mol. The van der Waals surface area contributed by atoms with Crippen molar-refractivity contribution in [1.82, 2.24) is 5.32 Å². The maximum Gasteiger partial charge on any atom is 0.338 e. The van der Waals surface area contributed by atoms with Gasteiger partial charge in [-0.25, -0.2) is 9.59 Å². The van der Waals surface area contributed by atoms with Gasteiger partial charge in [-0.15, -0.1) is 0 Å². The van der Waals surface area contributed by atoms with Crippen LogP contribution in [-0.4, -0.2) is 41.1 Å². The second-order valence-electron chi connectivity index (χ2n) is 4.63. The number of carboxylic acid groups (broad SMARTS) is 1. The summed E-state index contributed by atoms with van der Waals surface area (Å²) in [7, 11) is 1.32. The topological polar surface area (TPSA) is 119 Å². The first-order chi connectivity index (χ1) is 7.53. The highest BCUT2D eigenvalue weighted by atomic mass is 16.6. The predicted molar refractivity (Wildman–Crippen MR) is 59.1 cm³/mol. The van der Waals surface area contributed by atoms with Gasteiger partial charge >= 0.3 is 11.9 Å². The quantitative estimate of drug-likeness (QED) is 0.443. The normalized spacial score (nSPS) is 14.6. The molecule has 0 aliphatic carbocycles. The van der Waals surface area contributed by atoms with Crippen LogP contribution in [0.25, 0.3) is 0 Å². The molecule has 0 fully saturated rings. The van der Waals surface area contributed by atoms with Crippen LogP contribution in [0.2, 0.25) is 0 Å². The molecule has 0 saturated carbocycles. The first-order valence-electron chi connectivity index (χ1n) is 4.99. The maximum absolute atomic E-state index is 11.7. The van der Waals surface area contributed by atoms with Crippen LogP contribution in [0.15, 0.2) is 0 Å². The number of nitrogens with two attached hydrogens (primary N) is 1. The molecule has 1 atom stereocenters. The van der Waals surface area contributed by atoms with Crippen LogP contribution in [0.5, 0.6) is 0 Å². The number of aliphatic carboxylic acids is 1. The molecule has 0 aliphatic heterocycles. The lowest BCUT2D eigenvalue weighted by Crippen LogP contribution is -2.59. The van der Waals surface area contributed by atoms with Gasteiger partial charge in [-0.05, 0) is 20.8 Å². The lowest BCUT2D eigenvalue weighted by atomic mass is 9.96. The molecule has 7 heteroatoms. The van der Waals surface area contributed by atoms with Crippen LogP contribution in [0, 0.1) is 0 Å². The first kappa shape index (κ1) is 15.4. The van der Waals surface area contributed by atoms with Gasteiger partial charge in [-0.3, -0.25) is 4.79 Å². The number of carbonyl (C=O) groups is 3. The van der Waals surface area contributed by atoms with Gasteiger partial charge in [-0.2, -0.15) is 0 Å². The van der Waals surface area contributed by atoms with Crippen molar-refractivity contribution in [1.29, 1.82) is 0 Å². The van der Waals surface area contributed by atoms with Crippen molar-refractivity contribution in [2.45, 2.75) is 38.3 Å². The summed E-state index contributed by atoms with van der Waals surface area (Å²) in [4.78, 5) is 33.8. The molecule has 0 saturated heterocycles. The Morgan fingerprint density at radius 3 is 2.06 bits per heavy atom. The average Bonchev–Trinajstić information content (AvgIpc) is 2.14. The van der Waals surface area contributed by atoms with Crippen molar-refractivity contribution in [3.05, 3.63) is 0 Å². The molecule has 0 aromatic heterocycles. The van der Waals surface area contributed by atoms with E-state index in [0.29, 0.717) is 0 Å².